The molecule has 0 nitrogen and oxygen atoms in total. The predicted molar refractivity (Wildman–Crippen MR) is 89.5 cm³/mol. The van der Waals surface area contributed by atoms with Crippen LogP contribution in [0.2, 0.25) is 0 Å². The van der Waals surface area contributed by atoms with Gasteiger partial charge in [0.05, 0.1) is 0 Å². The number of allylic oxidation sites excluding steroid dienone is 2. The second-order valence-electron chi connectivity index (χ2n) is 4.45. The van der Waals surface area contributed by atoms with Crippen LogP contribution in [0.25, 0.3) is 0 Å². The van der Waals surface area contributed by atoms with Crippen LogP contribution in [0.15, 0.2) is 5.57 Å². The maximum atomic E-state index is 3.86. The Balaban J connectivity index is 0. The van der Waals surface area contributed by atoms with Gasteiger partial charge in [0.2, 0.25) is 0 Å². The maximum Gasteiger partial charge on any atom is 2.00 e. The van der Waals surface area contributed by atoms with E-state index in [-0.39, 0.29) is 26.2 Å². The molecule has 10 radical (unpaired) electrons. The molecule has 0 aliphatic heterocycles. The second kappa shape index (κ2) is 20.6. The van der Waals surface area contributed by atoms with Crippen molar-refractivity contribution in [3.8, 4) is 0 Å². The van der Waals surface area contributed by atoms with Crippen LogP contribution >= 0.6 is 0 Å². The SMILES string of the molecule is [CH2-]CC(=[C-]CCC)CCC.[CH]1[CH][CH][CH][CH]1.[CH]1[CH][CH][CH][CH]1.[Zr+2]. The van der Waals surface area contributed by atoms with Crippen LogP contribution in [0.1, 0.15) is 46.0 Å². The van der Waals surface area contributed by atoms with Crippen LogP contribution < -0.4 is 0 Å². The maximum absolute atomic E-state index is 3.86. The van der Waals surface area contributed by atoms with Crippen molar-refractivity contribution in [2.45, 2.75) is 46.0 Å². The molecule has 0 unspecified atom stereocenters. The third kappa shape index (κ3) is 18.6. The second-order valence-corrected chi connectivity index (χ2v) is 4.45. The Morgan fingerprint density at radius 2 is 1.14 bits per heavy atom. The number of hydrogen-bond donors (Lipinski definition) is 0. The van der Waals surface area contributed by atoms with E-state index in [4.69, 9.17) is 0 Å². The molecular formula is C20H28Zr. The fourth-order valence-corrected chi connectivity index (χ4v) is 1.55. The minimum Gasteiger partial charge on any atom is -0.500 e. The molecule has 0 spiro atoms. The molecule has 21 heavy (non-hydrogen) atoms. The molecule has 0 amide bonds. The van der Waals surface area contributed by atoms with E-state index in [1.165, 1.54) is 24.8 Å². The normalized spacial score (nSPS) is 17.2. The molecule has 0 N–H and O–H groups in total. The van der Waals surface area contributed by atoms with E-state index >= 15 is 0 Å². The van der Waals surface area contributed by atoms with Crippen molar-refractivity contribution in [3.63, 3.8) is 0 Å². The van der Waals surface area contributed by atoms with Gasteiger partial charge in [0, 0.05) is 0 Å². The van der Waals surface area contributed by atoms with Gasteiger partial charge in [-0.2, -0.15) is 12.8 Å². The van der Waals surface area contributed by atoms with Crippen LogP contribution in [-0.2, 0) is 26.2 Å². The van der Waals surface area contributed by atoms with Crippen molar-refractivity contribution in [2.75, 3.05) is 0 Å². The first-order valence-corrected chi connectivity index (χ1v) is 7.56. The molecule has 2 fully saturated rings. The van der Waals surface area contributed by atoms with E-state index in [0.717, 1.165) is 12.8 Å². The van der Waals surface area contributed by atoms with Gasteiger partial charge in [0.25, 0.3) is 0 Å². The molecule has 0 heterocycles. The summed E-state index contributed by atoms with van der Waals surface area (Å²) < 4.78 is 0. The van der Waals surface area contributed by atoms with Gasteiger partial charge >= 0.3 is 26.2 Å². The summed E-state index contributed by atoms with van der Waals surface area (Å²) in [4.78, 5) is 0. The van der Waals surface area contributed by atoms with Crippen molar-refractivity contribution in [1.82, 2.24) is 0 Å². The zero-order valence-electron chi connectivity index (χ0n) is 13.5. The summed E-state index contributed by atoms with van der Waals surface area (Å²) in [5.41, 5.74) is 1.41. The summed E-state index contributed by atoms with van der Waals surface area (Å²) in [5, 5.41) is 0. The van der Waals surface area contributed by atoms with Crippen molar-refractivity contribution in [2.24, 2.45) is 0 Å². The van der Waals surface area contributed by atoms with Crippen LogP contribution in [0, 0.1) is 77.2 Å². The van der Waals surface area contributed by atoms with Crippen molar-refractivity contribution in [1.29, 1.82) is 0 Å². The Morgan fingerprint density at radius 3 is 1.38 bits per heavy atom. The van der Waals surface area contributed by atoms with E-state index < -0.39 is 0 Å². The zero-order chi connectivity index (χ0) is 14.9. The van der Waals surface area contributed by atoms with Crippen LogP contribution in [-0.4, -0.2) is 0 Å². The standard InChI is InChI=1S/C10H18.2C5H5.Zr/c1-4-7-9-10(6-3)8-5-2;2*1-2-4-5-3-1;/h3-8H2,1-2H3;2*1-5H;/q-2;;;+2. The quantitative estimate of drug-likeness (QED) is 0.562. The summed E-state index contributed by atoms with van der Waals surface area (Å²) in [6.45, 7) is 8.24. The van der Waals surface area contributed by atoms with Gasteiger partial charge in [-0.25, -0.2) is 0 Å². The van der Waals surface area contributed by atoms with Crippen molar-refractivity contribution < 1.29 is 26.2 Å². The third-order valence-electron chi connectivity index (χ3n) is 2.59. The Kier molecular flexibility index (Phi) is 23.5. The average molecular weight is 360 g/mol. The van der Waals surface area contributed by atoms with E-state index in [0.29, 0.717) is 0 Å². The van der Waals surface area contributed by atoms with Crippen molar-refractivity contribution >= 4 is 0 Å². The first-order chi connectivity index (χ1) is 9.85. The zero-order valence-corrected chi connectivity index (χ0v) is 16.0. The van der Waals surface area contributed by atoms with Gasteiger partial charge in [-0.05, 0) is 64.2 Å². The molecule has 0 aromatic carbocycles. The van der Waals surface area contributed by atoms with Gasteiger partial charge in [0.1, 0.15) is 0 Å². The Labute approximate surface area is 154 Å². The smallest absolute Gasteiger partial charge is 0.500 e. The van der Waals surface area contributed by atoms with Crippen LogP contribution in [0.3, 0.4) is 0 Å². The summed E-state index contributed by atoms with van der Waals surface area (Å²) in [6.07, 6.45) is 29.0. The van der Waals surface area contributed by atoms with Gasteiger partial charge in [-0.3, -0.25) is 5.57 Å². The largest absolute Gasteiger partial charge is 2.00 e. The molecule has 2 rings (SSSR count). The fourth-order valence-electron chi connectivity index (χ4n) is 1.55. The Bertz CT molecular complexity index is 175. The molecule has 112 valence electrons. The molecule has 2 aliphatic carbocycles. The molecule has 0 aromatic rings. The van der Waals surface area contributed by atoms with Crippen molar-refractivity contribution in [3.05, 3.63) is 82.8 Å². The number of rotatable bonds is 5. The minimum absolute atomic E-state index is 0. The molecule has 0 bridgehead atoms. The summed E-state index contributed by atoms with van der Waals surface area (Å²) in [7, 11) is 0. The molecular weight excluding hydrogens is 331 g/mol. The van der Waals surface area contributed by atoms with Gasteiger partial charge in [-0.15, -0.1) is 0 Å². The molecule has 0 saturated heterocycles. The predicted octanol–water partition coefficient (Wildman–Crippen LogP) is 5.58. The molecule has 2 saturated carbocycles. The third-order valence-corrected chi connectivity index (χ3v) is 2.59. The summed E-state index contributed by atoms with van der Waals surface area (Å²) in [6, 6.07) is 0. The summed E-state index contributed by atoms with van der Waals surface area (Å²) >= 11 is 0. The molecule has 1 heteroatoms. The van der Waals surface area contributed by atoms with Gasteiger partial charge < -0.3 is 13.0 Å². The van der Waals surface area contributed by atoms with Gasteiger partial charge in [0.15, 0.2) is 0 Å². The number of hydrogen-bond acceptors (Lipinski definition) is 0. The minimum atomic E-state index is 0. The van der Waals surface area contributed by atoms with E-state index in [2.05, 4.69) is 26.8 Å². The fraction of sp³-hybridized carbons (Fsp3) is 0.350. The summed E-state index contributed by atoms with van der Waals surface area (Å²) in [5.74, 6) is 0. The molecule has 0 atom stereocenters. The van der Waals surface area contributed by atoms with E-state index in [1.54, 1.807) is 0 Å². The average Bonchev–Trinajstić information content (AvgIpc) is 3.21. The monoisotopic (exact) mass is 358 g/mol. The Hall–Kier alpha value is 0.623. The first kappa shape index (κ1) is 23.9. The molecule has 0 aromatic heterocycles. The van der Waals surface area contributed by atoms with Crippen LogP contribution in [0.4, 0.5) is 0 Å². The first-order valence-electron chi connectivity index (χ1n) is 7.56. The van der Waals surface area contributed by atoms with E-state index in [1.807, 2.05) is 64.2 Å². The Morgan fingerprint density at radius 1 is 0.762 bits per heavy atom. The van der Waals surface area contributed by atoms with E-state index in [9.17, 15) is 0 Å². The van der Waals surface area contributed by atoms with Gasteiger partial charge in [-0.1, -0.05) is 33.1 Å². The topological polar surface area (TPSA) is 0 Å². The molecule has 2 aliphatic rings. The van der Waals surface area contributed by atoms with Crippen LogP contribution in [0.5, 0.6) is 0 Å². The number of unbranched alkanes of at least 4 members (excludes halogenated alkanes) is 1.